The van der Waals surface area contributed by atoms with E-state index < -0.39 is 11.7 Å². The number of anilines is 1. The molecule has 1 amide bonds. The normalized spacial score (nSPS) is 10.9. The van der Waals surface area contributed by atoms with Crippen molar-refractivity contribution in [2.75, 3.05) is 5.32 Å². The number of nitrogens with one attached hydrogen (secondary N) is 1. The van der Waals surface area contributed by atoms with Gasteiger partial charge in [-0.15, -0.1) is 0 Å². The molecule has 4 aromatic rings. The van der Waals surface area contributed by atoms with Crippen molar-refractivity contribution < 1.29 is 14.1 Å². The molecular formula is C19H13ClN4O3. The van der Waals surface area contributed by atoms with Crippen LogP contribution in [0, 0.1) is 0 Å². The summed E-state index contributed by atoms with van der Waals surface area (Å²) < 4.78 is 6.47. The Morgan fingerprint density at radius 2 is 1.93 bits per heavy atom. The lowest BCUT2D eigenvalue weighted by molar-refractivity contribution is -0.112. The number of hydrogen-bond acceptors (Lipinski definition) is 5. The van der Waals surface area contributed by atoms with Crippen LogP contribution in [-0.4, -0.2) is 26.5 Å². The van der Waals surface area contributed by atoms with E-state index in [2.05, 4.69) is 15.6 Å². The van der Waals surface area contributed by atoms with Gasteiger partial charge in [-0.3, -0.25) is 14.9 Å². The third kappa shape index (κ3) is 3.45. The molecule has 0 aliphatic carbocycles. The van der Waals surface area contributed by atoms with Gasteiger partial charge < -0.3 is 4.52 Å². The summed E-state index contributed by atoms with van der Waals surface area (Å²) in [6.07, 6.45) is 3.54. The fraction of sp³-hybridized carbons (Fsp3) is 0.0526. The van der Waals surface area contributed by atoms with Crippen LogP contribution in [0.2, 0.25) is 5.02 Å². The second-order valence-corrected chi connectivity index (χ2v) is 6.27. The van der Waals surface area contributed by atoms with Crippen molar-refractivity contribution in [1.29, 1.82) is 0 Å². The molecule has 1 N–H and O–H groups in total. The molecule has 3 heterocycles. The van der Waals surface area contributed by atoms with E-state index in [4.69, 9.17) is 16.1 Å². The van der Waals surface area contributed by atoms with Crippen molar-refractivity contribution in [3.63, 3.8) is 0 Å². The average molecular weight is 381 g/mol. The molecule has 0 spiro atoms. The minimum atomic E-state index is -0.804. The van der Waals surface area contributed by atoms with Gasteiger partial charge in [0.1, 0.15) is 0 Å². The quantitative estimate of drug-likeness (QED) is 0.423. The van der Waals surface area contributed by atoms with E-state index in [1.165, 1.54) is 12.3 Å². The second-order valence-electron chi connectivity index (χ2n) is 5.83. The first-order chi connectivity index (χ1) is 13.1. The molecule has 0 radical (unpaired) electrons. The van der Waals surface area contributed by atoms with Crippen LogP contribution in [0.3, 0.4) is 0 Å². The van der Waals surface area contributed by atoms with Gasteiger partial charge in [-0.05, 0) is 35.9 Å². The molecule has 1 aromatic carbocycles. The zero-order valence-electron chi connectivity index (χ0n) is 13.9. The number of carbonyl (C=O) groups is 2. The summed E-state index contributed by atoms with van der Waals surface area (Å²) >= 11 is 5.93. The van der Waals surface area contributed by atoms with Gasteiger partial charge in [0.15, 0.2) is 0 Å². The molecule has 0 aliphatic rings. The van der Waals surface area contributed by atoms with Gasteiger partial charge >= 0.3 is 0 Å². The zero-order chi connectivity index (χ0) is 18.8. The predicted molar refractivity (Wildman–Crippen MR) is 98.9 cm³/mol. The Labute approximate surface area is 158 Å². The highest BCUT2D eigenvalue weighted by molar-refractivity contribution is 6.47. The van der Waals surface area contributed by atoms with Crippen molar-refractivity contribution in [3.05, 3.63) is 82.8 Å². The monoisotopic (exact) mass is 380 g/mol. The fourth-order valence-electron chi connectivity index (χ4n) is 2.80. The Hall–Kier alpha value is -3.45. The maximum Gasteiger partial charge on any atom is 0.299 e. The highest BCUT2D eigenvalue weighted by Gasteiger charge is 2.23. The average Bonchev–Trinajstić information content (AvgIpc) is 3.31. The van der Waals surface area contributed by atoms with Crippen LogP contribution in [0.25, 0.3) is 5.52 Å². The molecule has 0 atom stereocenters. The summed E-state index contributed by atoms with van der Waals surface area (Å²) in [7, 11) is 0. The smallest absolute Gasteiger partial charge is 0.299 e. The first-order valence-corrected chi connectivity index (χ1v) is 8.46. The zero-order valence-corrected chi connectivity index (χ0v) is 14.7. The number of fused-ring (bicyclic) bond motifs is 1. The maximum atomic E-state index is 12.7. The largest absolute Gasteiger partial charge is 0.338 e. The second kappa shape index (κ2) is 7.05. The van der Waals surface area contributed by atoms with Crippen LogP contribution in [0.5, 0.6) is 0 Å². The van der Waals surface area contributed by atoms with Crippen molar-refractivity contribution in [3.8, 4) is 0 Å². The minimum Gasteiger partial charge on any atom is -0.338 e. The molecular weight excluding hydrogens is 368 g/mol. The van der Waals surface area contributed by atoms with E-state index in [0.717, 1.165) is 11.3 Å². The summed E-state index contributed by atoms with van der Waals surface area (Å²) in [4.78, 5) is 24.9. The van der Waals surface area contributed by atoms with E-state index in [1.54, 1.807) is 41.0 Å². The molecule has 0 unspecified atom stereocenters. The molecule has 8 heteroatoms. The van der Waals surface area contributed by atoms with Gasteiger partial charge in [0.05, 0.1) is 17.3 Å². The van der Waals surface area contributed by atoms with Crippen molar-refractivity contribution in [2.45, 2.75) is 6.42 Å². The molecule has 134 valence electrons. The Morgan fingerprint density at radius 3 is 2.67 bits per heavy atom. The Kier molecular flexibility index (Phi) is 4.43. The summed E-state index contributed by atoms with van der Waals surface area (Å²) in [6, 6.07) is 14.0. The van der Waals surface area contributed by atoms with Crippen LogP contribution in [0.1, 0.15) is 21.6 Å². The lowest BCUT2D eigenvalue weighted by atomic mass is 10.1. The number of ketones is 1. The molecule has 4 rings (SSSR count). The first-order valence-electron chi connectivity index (χ1n) is 8.08. The molecule has 0 bridgehead atoms. The first kappa shape index (κ1) is 17.0. The topological polar surface area (TPSA) is 89.5 Å². The summed E-state index contributed by atoms with van der Waals surface area (Å²) in [6.45, 7) is 0. The molecule has 0 saturated carbocycles. The number of halogens is 1. The van der Waals surface area contributed by atoms with Gasteiger partial charge in [0.25, 0.3) is 11.7 Å². The highest BCUT2D eigenvalue weighted by Crippen LogP contribution is 2.21. The summed E-state index contributed by atoms with van der Waals surface area (Å²) in [5.74, 6) is -1.38. The van der Waals surface area contributed by atoms with E-state index in [1.807, 2.05) is 12.1 Å². The third-order valence-corrected chi connectivity index (χ3v) is 4.29. The van der Waals surface area contributed by atoms with E-state index >= 15 is 0 Å². The van der Waals surface area contributed by atoms with Crippen LogP contribution in [-0.2, 0) is 11.2 Å². The Morgan fingerprint density at radius 1 is 1.11 bits per heavy atom. The number of Topliss-reactive ketones (excluding diaryl/α,β-unsaturated/α-hetero) is 1. The Balaban J connectivity index is 1.67. The number of rotatable bonds is 5. The molecule has 3 aromatic heterocycles. The molecule has 7 nitrogen and oxygen atoms in total. The molecule has 0 aliphatic heterocycles. The van der Waals surface area contributed by atoms with Gasteiger partial charge in [-0.25, -0.2) is 4.52 Å². The van der Waals surface area contributed by atoms with Crippen LogP contribution in [0.4, 0.5) is 5.88 Å². The van der Waals surface area contributed by atoms with Crippen LogP contribution in [0.15, 0.2) is 65.4 Å². The highest BCUT2D eigenvalue weighted by atomic mass is 35.5. The van der Waals surface area contributed by atoms with Gasteiger partial charge in [-0.1, -0.05) is 28.9 Å². The number of nitrogens with zero attached hydrogens (tertiary/aromatic N) is 3. The van der Waals surface area contributed by atoms with Gasteiger partial charge in [0.2, 0.25) is 5.88 Å². The summed E-state index contributed by atoms with van der Waals surface area (Å²) in [5.41, 5.74) is 2.61. The van der Waals surface area contributed by atoms with Crippen LogP contribution >= 0.6 is 11.6 Å². The van der Waals surface area contributed by atoms with Crippen molar-refractivity contribution in [2.24, 2.45) is 0 Å². The lowest BCUT2D eigenvalue weighted by Crippen LogP contribution is -2.22. The molecule has 27 heavy (non-hydrogen) atoms. The fourth-order valence-corrected chi connectivity index (χ4v) is 2.92. The van der Waals surface area contributed by atoms with Gasteiger partial charge in [0, 0.05) is 29.4 Å². The number of benzene rings is 1. The van der Waals surface area contributed by atoms with Crippen LogP contribution < -0.4 is 5.32 Å². The summed E-state index contributed by atoms with van der Waals surface area (Å²) in [5, 5.41) is 10.8. The molecule has 0 saturated heterocycles. The minimum absolute atomic E-state index is 0.108. The van der Waals surface area contributed by atoms with E-state index in [-0.39, 0.29) is 11.4 Å². The maximum absolute atomic E-state index is 12.7. The van der Waals surface area contributed by atoms with E-state index in [0.29, 0.717) is 17.0 Å². The SMILES string of the molecule is O=C(Nc1ccno1)C(=O)c1cc(Cc2ccc(Cl)cc2)n2ncccc12. The van der Waals surface area contributed by atoms with E-state index in [9.17, 15) is 9.59 Å². The Bertz CT molecular complexity index is 1120. The third-order valence-electron chi connectivity index (χ3n) is 4.03. The standard InChI is InChI=1S/C19H13ClN4O3/c20-13-5-3-12(4-6-13)10-14-11-15(16-2-1-8-21-24(14)16)18(25)19(26)23-17-7-9-22-27-17/h1-9,11H,10H2,(H,23,26). The number of amides is 1. The molecule has 0 fully saturated rings. The van der Waals surface area contributed by atoms with Crippen molar-refractivity contribution >= 4 is 34.7 Å². The number of aromatic nitrogens is 3. The number of carbonyl (C=O) groups excluding carboxylic acids is 2. The predicted octanol–water partition coefficient (Wildman–Crippen LogP) is 3.39. The number of hydrogen-bond donors (Lipinski definition) is 1. The van der Waals surface area contributed by atoms with Gasteiger partial charge in [-0.2, -0.15) is 5.10 Å². The lowest BCUT2D eigenvalue weighted by Gasteiger charge is -2.02. The van der Waals surface area contributed by atoms with Crippen molar-refractivity contribution in [1.82, 2.24) is 14.8 Å².